The fourth-order valence-electron chi connectivity index (χ4n) is 1.54. The maximum absolute atomic E-state index is 13.1. The lowest BCUT2D eigenvalue weighted by Gasteiger charge is -2.08. The molecule has 0 aliphatic carbocycles. The first-order valence-corrected chi connectivity index (χ1v) is 5.84. The molecule has 0 amide bonds. The molecule has 94 valence electrons. The molecule has 1 aromatic carbocycles. The second-order valence-corrected chi connectivity index (χ2v) is 4.64. The second-order valence-electron chi connectivity index (χ2n) is 4.25. The van der Waals surface area contributed by atoms with Gasteiger partial charge in [0.25, 0.3) is 0 Å². The second kappa shape index (κ2) is 4.98. The van der Waals surface area contributed by atoms with Gasteiger partial charge in [0.1, 0.15) is 16.8 Å². The zero-order chi connectivity index (χ0) is 13.3. The van der Waals surface area contributed by atoms with Gasteiger partial charge in [0.05, 0.1) is 0 Å². The third-order valence-electron chi connectivity index (χ3n) is 2.43. The molecule has 2 aromatic rings. The number of hydrogen-bond donors (Lipinski definition) is 0. The van der Waals surface area contributed by atoms with Crippen molar-refractivity contribution in [2.24, 2.45) is 0 Å². The molecule has 0 saturated carbocycles. The van der Waals surface area contributed by atoms with E-state index in [0.717, 1.165) is 11.8 Å². The molecule has 0 bridgehead atoms. The van der Waals surface area contributed by atoms with E-state index >= 15 is 0 Å². The molecule has 5 heteroatoms. The molecule has 2 nitrogen and oxygen atoms in total. The largest absolute Gasteiger partial charge is 0.233 e. The van der Waals surface area contributed by atoms with Crippen molar-refractivity contribution in [1.82, 2.24) is 9.97 Å². The normalized spacial score (nSPS) is 11.0. The summed E-state index contributed by atoms with van der Waals surface area (Å²) in [6.45, 7) is 3.91. The van der Waals surface area contributed by atoms with Crippen molar-refractivity contribution in [3.8, 4) is 11.4 Å². The lowest BCUT2D eigenvalue weighted by molar-refractivity contribution is 0.584. The third-order valence-corrected chi connectivity index (χ3v) is 2.62. The van der Waals surface area contributed by atoms with Crippen molar-refractivity contribution < 1.29 is 8.78 Å². The third kappa shape index (κ3) is 2.82. The minimum Gasteiger partial charge on any atom is -0.233 e. The molecule has 0 aliphatic rings. The summed E-state index contributed by atoms with van der Waals surface area (Å²) < 4.78 is 26.3. The fourth-order valence-corrected chi connectivity index (χ4v) is 1.73. The molecule has 0 N–H and O–H groups in total. The van der Waals surface area contributed by atoms with E-state index in [1.807, 2.05) is 13.8 Å². The van der Waals surface area contributed by atoms with Crippen LogP contribution >= 0.6 is 11.6 Å². The Hall–Kier alpha value is -1.55. The number of nitrogens with zero attached hydrogens (tertiary/aromatic N) is 2. The van der Waals surface area contributed by atoms with Gasteiger partial charge in [0.2, 0.25) is 0 Å². The first kappa shape index (κ1) is 12.9. The summed E-state index contributed by atoms with van der Waals surface area (Å²) in [5, 5.41) is 0.258. The first-order chi connectivity index (χ1) is 8.45. The molecule has 0 fully saturated rings. The zero-order valence-electron chi connectivity index (χ0n) is 9.92. The fraction of sp³-hybridized carbons (Fsp3) is 0.231. The molecule has 1 aromatic heterocycles. The standard InChI is InChI=1S/C13H11ClF2N2/c1-7(2)11-6-12(14)18-13(17-11)8-3-9(15)5-10(16)4-8/h3-7H,1-2H3. The van der Waals surface area contributed by atoms with E-state index in [1.165, 1.54) is 12.1 Å². The van der Waals surface area contributed by atoms with E-state index in [2.05, 4.69) is 9.97 Å². The summed E-state index contributed by atoms with van der Waals surface area (Å²) in [6.07, 6.45) is 0. The van der Waals surface area contributed by atoms with Crippen molar-refractivity contribution >= 4 is 11.6 Å². The summed E-state index contributed by atoms with van der Waals surface area (Å²) in [4.78, 5) is 8.25. The number of aromatic nitrogens is 2. The van der Waals surface area contributed by atoms with E-state index in [0.29, 0.717) is 0 Å². The highest BCUT2D eigenvalue weighted by atomic mass is 35.5. The molecule has 0 atom stereocenters. The SMILES string of the molecule is CC(C)c1cc(Cl)nc(-c2cc(F)cc(F)c2)n1. The topological polar surface area (TPSA) is 25.8 Å². The van der Waals surface area contributed by atoms with E-state index in [-0.39, 0.29) is 22.5 Å². The van der Waals surface area contributed by atoms with E-state index in [1.54, 1.807) is 6.07 Å². The predicted octanol–water partition coefficient (Wildman–Crippen LogP) is 4.20. The lowest BCUT2D eigenvalue weighted by atomic mass is 10.1. The van der Waals surface area contributed by atoms with Crippen LogP contribution in [-0.4, -0.2) is 9.97 Å². The van der Waals surface area contributed by atoms with Crippen LogP contribution in [0.1, 0.15) is 25.5 Å². The van der Waals surface area contributed by atoms with Gasteiger partial charge in [0, 0.05) is 17.3 Å². The monoisotopic (exact) mass is 268 g/mol. The number of halogens is 3. The van der Waals surface area contributed by atoms with Gasteiger partial charge in [-0.05, 0) is 24.1 Å². The Morgan fingerprint density at radius 2 is 1.61 bits per heavy atom. The summed E-state index contributed by atoms with van der Waals surface area (Å²) in [5.74, 6) is -0.952. The van der Waals surface area contributed by atoms with E-state index < -0.39 is 11.6 Å². The molecule has 0 aliphatic heterocycles. The van der Waals surface area contributed by atoms with Gasteiger partial charge in [0.15, 0.2) is 5.82 Å². The van der Waals surface area contributed by atoms with Crippen LogP contribution in [-0.2, 0) is 0 Å². The smallest absolute Gasteiger partial charge is 0.161 e. The molecule has 1 heterocycles. The summed E-state index contributed by atoms with van der Waals surface area (Å²) in [6, 6.07) is 4.81. The minimum absolute atomic E-state index is 0.155. The molecule has 0 radical (unpaired) electrons. The molecule has 18 heavy (non-hydrogen) atoms. The number of benzene rings is 1. The lowest BCUT2D eigenvalue weighted by Crippen LogP contribution is -1.98. The molecule has 2 rings (SSSR count). The Kier molecular flexibility index (Phi) is 3.57. The van der Waals surface area contributed by atoms with Crippen LogP contribution in [0.15, 0.2) is 24.3 Å². The van der Waals surface area contributed by atoms with Gasteiger partial charge in [-0.2, -0.15) is 0 Å². The number of rotatable bonds is 2. The van der Waals surface area contributed by atoms with Crippen LogP contribution in [0.5, 0.6) is 0 Å². The Morgan fingerprint density at radius 3 is 2.17 bits per heavy atom. The quantitative estimate of drug-likeness (QED) is 0.763. The maximum Gasteiger partial charge on any atom is 0.161 e. The molecule has 0 spiro atoms. The van der Waals surface area contributed by atoms with Gasteiger partial charge in [-0.25, -0.2) is 18.7 Å². The minimum atomic E-state index is -0.667. The van der Waals surface area contributed by atoms with Gasteiger partial charge < -0.3 is 0 Å². The maximum atomic E-state index is 13.1. The Morgan fingerprint density at radius 1 is 1.00 bits per heavy atom. The summed E-state index contributed by atoms with van der Waals surface area (Å²) >= 11 is 5.88. The van der Waals surface area contributed by atoms with E-state index in [4.69, 9.17) is 11.6 Å². The van der Waals surface area contributed by atoms with Crippen LogP contribution < -0.4 is 0 Å². The van der Waals surface area contributed by atoms with Crippen LogP contribution in [0.2, 0.25) is 5.15 Å². The average Bonchev–Trinajstić information content (AvgIpc) is 2.26. The van der Waals surface area contributed by atoms with Crippen molar-refractivity contribution in [2.45, 2.75) is 19.8 Å². The van der Waals surface area contributed by atoms with Gasteiger partial charge in [-0.3, -0.25) is 0 Å². The van der Waals surface area contributed by atoms with Gasteiger partial charge in [-0.15, -0.1) is 0 Å². The first-order valence-electron chi connectivity index (χ1n) is 5.46. The number of hydrogen-bond acceptors (Lipinski definition) is 2. The zero-order valence-corrected chi connectivity index (χ0v) is 10.7. The Bertz CT molecular complexity index is 565. The summed E-state index contributed by atoms with van der Waals surface area (Å²) in [5.41, 5.74) is 1.01. The highest BCUT2D eigenvalue weighted by molar-refractivity contribution is 6.29. The Balaban J connectivity index is 2.56. The highest BCUT2D eigenvalue weighted by Gasteiger charge is 2.10. The highest BCUT2D eigenvalue weighted by Crippen LogP contribution is 2.23. The van der Waals surface area contributed by atoms with Crippen LogP contribution in [0.3, 0.4) is 0 Å². The van der Waals surface area contributed by atoms with Gasteiger partial charge in [-0.1, -0.05) is 25.4 Å². The molecular formula is C13H11ClF2N2. The average molecular weight is 269 g/mol. The molecule has 0 saturated heterocycles. The molecule has 0 unspecified atom stereocenters. The van der Waals surface area contributed by atoms with Crippen molar-refractivity contribution in [3.63, 3.8) is 0 Å². The summed E-state index contributed by atoms with van der Waals surface area (Å²) in [7, 11) is 0. The van der Waals surface area contributed by atoms with Crippen molar-refractivity contribution in [1.29, 1.82) is 0 Å². The van der Waals surface area contributed by atoms with Crippen LogP contribution in [0.4, 0.5) is 8.78 Å². The van der Waals surface area contributed by atoms with Gasteiger partial charge >= 0.3 is 0 Å². The Labute approximate surface area is 109 Å². The predicted molar refractivity (Wildman–Crippen MR) is 66.5 cm³/mol. The van der Waals surface area contributed by atoms with Crippen LogP contribution in [0.25, 0.3) is 11.4 Å². The van der Waals surface area contributed by atoms with Crippen molar-refractivity contribution in [3.05, 3.63) is 46.7 Å². The van der Waals surface area contributed by atoms with Crippen molar-refractivity contribution in [2.75, 3.05) is 0 Å². The van der Waals surface area contributed by atoms with E-state index in [9.17, 15) is 8.78 Å². The molecular weight excluding hydrogens is 258 g/mol. The van der Waals surface area contributed by atoms with Crippen LogP contribution in [0, 0.1) is 11.6 Å².